The van der Waals surface area contributed by atoms with Crippen molar-refractivity contribution >= 4 is 0 Å². The zero-order chi connectivity index (χ0) is 13.9. The lowest BCUT2D eigenvalue weighted by atomic mass is 9.89. The largest absolute Gasteiger partial charge is 0.310 e. The zero-order valence-electron chi connectivity index (χ0n) is 13.1. The van der Waals surface area contributed by atoms with Crippen molar-refractivity contribution in [3.8, 4) is 0 Å². The summed E-state index contributed by atoms with van der Waals surface area (Å²) in [5.74, 6) is 1.81. The predicted molar refractivity (Wildman–Crippen MR) is 86.0 cm³/mol. The Morgan fingerprint density at radius 2 is 1.90 bits per heavy atom. The van der Waals surface area contributed by atoms with E-state index in [1.165, 1.54) is 57.1 Å². The molecule has 1 aromatic carbocycles. The van der Waals surface area contributed by atoms with E-state index in [0.29, 0.717) is 6.04 Å². The van der Waals surface area contributed by atoms with E-state index >= 15 is 0 Å². The first kappa shape index (κ1) is 14.1. The van der Waals surface area contributed by atoms with Crippen LogP contribution in [0.15, 0.2) is 18.2 Å². The summed E-state index contributed by atoms with van der Waals surface area (Å²) >= 11 is 0. The van der Waals surface area contributed by atoms with E-state index < -0.39 is 0 Å². The molecular weight excluding hydrogens is 242 g/mol. The van der Waals surface area contributed by atoms with Crippen molar-refractivity contribution in [1.29, 1.82) is 0 Å². The van der Waals surface area contributed by atoms with E-state index in [9.17, 15) is 0 Å². The molecule has 0 aliphatic heterocycles. The van der Waals surface area contributed by atoms with Gasteiger partial charge in [0.2, 0.25) is 0 Å². The van der Waals surface area contributed by atoms with Crippen LogP contribution in [0.4, 0.5) is 0 Å². The van der Waals surface area contributed by atoms with Gasteiger partial charge in [0.1, 0.15) is 0 Å². The highest BCUT2D eigenvalue weighted by Gasteiger charge is 2.23. The highest BCUT2D eigenvalue weighted by molar-refractivity contribution is 5.35. The summed E-state index contributed by atoms with van der Waals surface area (Å²) < 4.78 is 0. The smallest absolute Gasteiger partial charge is 0.0292 e. The highest BCUT2D eigenvalue weighted by Crippen LogP contribution is 2.31. The molecular formula is C19H29N. The van der Waals surface area contributed by atoms with Crippen LogP contribution in [0.1, 0.15) is 68.7 Å². The van der Waals surface area contributed by atoms with Gasteiger partial charge in [0.15, 0.2) is 0 Å². The Morgan fingerprint density at radius 1 is 1.10 bits per heavy atom. The third-order valence-corrected chi connectivity index (χ3v) is 5.60. The summed E-state index contributed by atoms with van der Waals surface area (Å²) in [6, 6.07) is 7.68. The lowest BCUT2D eigenvalue weighted by Crippen LogP contribution is -2.27. The van der Waals surface area contributed by atoms with Gasteiger partial charge >= 0.3 is 0 Å². The van der Waals surface area contributed by atoms with Gasteiger partial charge in [-0.05, 0) is 74.1 Å². The molecule has 1 aromatic rings. The van der Waals surface area contributed by atoms with Gasteiger partial charge in [0.25, 0.3) is 0 Å². The third-order valence-electron chi connectivity index (χ3n) is 5.60. The molecule has 1 heteroatoms. The maximum absolute atomic E-state index is 3.78. The SMILES string of the molecule is CC(NCC1CCCC1C)c1ccc2c(c1)CCCC2. The topological polar surface area (TPSA) is 12.0 Å². The molecule has 3 rings (SSSR count). The van der Waals surface area contributed by atoms with Crippen molar-refractivity contribution in [1.82, 2.24) is 5.32 Å². The number of hydrogen-bond donors (Lipinski definition) is 1. The van der Waals surface area contributed by atoms with Crippen LogP contribution in [-0.4, -0.2) is 6.54 Å². The van der Waals surface area contributed by atoms with Crippen molar-refractivity contribution in [2.75, 3.05) is 6.54 Å². The Hall–Kier alpha value is -0.820. The Kier molecular flexibility index (Phi) is 4.45. The summed E-state index contributed by atoms with van der Waals surface area (Å²) in [7, 11) is 0. The van der Waals surface area contributed by atoms with Gasteiger partial charge in [0.05, 0.1) is 0 Å². The van der Waals surface area contributed by atoms with Crippen molar-refractivity contribution in [2.45, 2.75) is 64.8 Å². The molecule has 1 N–H and O–H groups in total. The summed E-state index contributed by atoms with van der Waals surface area (Å²) in [6.45, 7) is 5.94. The first-order chi connectivity index (χ1) is 9.74. The summed E-state index contributed by atoms with van der Waals surface area (Å²) in [6.07, 6.45) is 9.61. The van der Waals surface area contributed by atoms with Crippen LogP contribution in [0.3, 0.4) is 0 Å². The molecule has 1 nitrogen and oxygen atoms in total. The standard InChI is InChI=1S/C19H29N/c1-14-6-5-9-19(14)13-20-15(2)17-11-10-16-7-3-4-8-18(16)12-17/h10-12,14-15,19-20H,3-9,13H2,1-2H3. The van der Waals surface area contributed by atoms with Crippen molar-refractivity contribution in [2.24, 2.45) is 11.8 Å². The normalized spacial score (nSPS) is 27.3. The minimum Gasteiger partial charge on any atom is -0.310 e. The first-order valence-electron chi connectivity index (χ1n) is 8.59. The second-order valence-electron chi connectivity index (χ2n) is 7.03. The van der Waals surface area contributed by atoms with Gasteiger partial charge < -0.3 is 5.32 Å². The van der Waals surface area contributed by atoms with Crippen LogP contribution in [0.2, 0.25) is 0 Å². The molecule has 0 aromatic heterocycles. The predicted octanol–water partition coefficient (Wildman–Crippen LogP) is 4.65. The van der Waals surface area contributed by atoms with E-state index in [2.05, 4.69) is 37.4 Å². The number of rotatable bonds is 4. The lowest BCUT2D eigenvalue weighted by Gasteiger charge is -2.22. The van der Waals surface area contributed by atoms with Crippen molar-refractivity contribution in [3.05, 3.63) is 34.9 Å². The minimum atomic E-state index is 0.495. The van der Waals surface area contributed by atoms with E-state index in [4.69, 9.17) is 0 Å². The molecule has 1 saturated carbocycles. The highest BCUT2D eigenvalue weighted by atomic mass is 14.9. The molecule has 3 unspecified atom stereocenters. The molecule has 0 spiro atoms. The zero-order valence-corrected chi connectivity index (χ0v) is 13.1. The first-order valence-corrected chi connectivity index (χ1v) is 8.59. The number of aryl methyl sites for hydroxylation is 2. The molecule has 0 amide bonds. The number of fused-ring (bicyclic) bond motifs is 1. The van der Waals surface area contributed by atoms with Gasteiger partial charge in [-0.15, -0.1) is 0 Å². The molecule has 0 radical (unpaired) electrons. The Morgan fingerprint density at radius 3 is 2.65 bits per heavy atom. The van der Waals surface area contributed by atoms with E-state index in [1.54, 1.807) is 11.1 Å². The van der Waals surface area contributed by atoms with Crippen LogP contribution < -0.4 is 5.32 Å². The van der Waals surface area contributed by atoms with Crippen LogP contribution in [0.5, 0.6) is 0 Å². The second-order valence-corrected chi connectivity index (χ2v) is 7.03. The van der Waals surface area contributed by atoms with Gasteiger partial charge in [-0.1, -0.05) is 38.0 Å². The maximum Gasteiger partial charge on any atom is 0.0292 e. The van der Waals surface area contributed by atoms with Crippen LogP contribution in [0.25, 0.3) is 0 Å². The Balaban J connectivity index is 1.60. The molecule has 2 aliphatic carbocycles. The van der Waals surface area contributed by atoms with E-state index in [-0.39, 0.29) is 0 Å². The quantitative estimate of drug-likeness (QED) is 0.840. The average Bonchev–Trinajstić information content (AvgIpc) is 2.89. The fourth-order valence-corrected chi connectivity index (χ4v) is 3.99. The fourth-order valence-electron chi connectivity index (χ4n) is 3.99. The minimum absolute atomic E-state index is 0.495. The van der Waals surface area contributed by atoms with Crippen molar-refractivity contribution < 1.29 is 0 Å². The summed E-state index contributed by atoms with van der Waals surface area (Å²) in [5, 5.41) is 3.78. The molecule has 1 fully saturated rings. The Bertz CT molecular complexity index is 451. The number of hydrogen-bond acceptors (Lipinski definition) is 1. The molecule has 3 atom stereocenters. The van der Waals surface area contributed by atoms with Crippen molar-refractivity contribution in [3.63, 3.8) is 0 Å². The molecule has 2 aliphatic rings. The van der Waals surface area contributed by atoms with Crippen LogP contribution in [-0.2, 0) is 12.8 Å². The van der Waals surface area contributed by atoms with Gasteiger partial charge in [-0.3, -0.25) is 0 Å². The number of benzene rings is 1. The fraction of sp³-hybridized carbons (Fsp3) is 0.684. The maximum atomic E-state index is 3.78. The third kappa shape index (κ3) is 3.09. The second kappa shape index (κ2) is 6.30. The molecule has 20 heavy (non-hydrogen) atoms. The molecule has 0 bridgehead atoms. The van der Waals surface area contributed by atoms with Gasteiger partial charge in [-0.2, -0.15) is 0 Å². The summed E-state index contributed by atoms with van der Waals surface area (Å²) in [4.78, 5) is 0. The lowest BCUT2D eigenvalue weighted by molar-refractivity contribution is 0.375. The monoisotopic (exact) mass is 271 g/mol. The number of nitrogens with one attached hydrogen (secondary N) is 1. The molecule has 110 valence electrons. The van der Waals surface area contributed by atoms with E-state index in [1.807, 2.05) is 0 Å². The molecule has 0 heterocycles. The van der Waals surface area contributed by atoms with Gasteiger partial charge in [-0.25, -0.2) is 0 Å². The Labute approximate surface area is 124 Å². The average molecular weight is 271 g/mol. The summed E-state index contributed by atoms with van der Waals surface area (Å²) in [5.41, 5.74) is 4.68. The van der Waals surface area contributed by atoms with E-state index in [0.717, 1.165) is 11.8 Å². The van der Waals surface area contributed by atoms with Crippen LogP contribution >= 0.6 is 0 Å². The van der Waals surface area contributed by atoms with Gasteiger partial charge in [0, 0.05) is 6.04 Å². The molecule has 0 saturated heterocycles. The van der Waals surface area contributed by atoms with Crippen LogP contribution in [0, 0.1) is 11.8 Å².